The molecule has 0 unspecified atom stereocenters. The summed E-state index contributed by atoms with van der Waals surface area (Å²) in [6, 6.07) is 9.97. The first-order valence-corrected chi connectivity index (χ1v) is 9.83. The van der Waals surface area contributed by atoms with Crippen molar-refractivity contribution < 1.29 is 24.2 Å². The van der Waals surface area contributed by atoms with Crippen LogP contribution in [0.5, 0.6) is 11.5 Å². The summed E-state index contributed by atoms with van der Waals surface area (Å²) in [7, 11) is 0. The Morgan fingerprint density at radius 1 is 1.14 bits per heavy atom. The normalized spacial score (nSPS) is 15.6. The number of nitrogens with zero attached hydrogens (tertiary/aromatic N) is 1. The maximum Gasteiger partial charge on any atom is 0.335 e. The number of carbonyl (C=O) groups excluding carboxylic acids is 3. The van der Waals surface area contributed by atoms with E-state index < -0.39 is 17.8 Å². The molecule has 2 N–H and O–H groups in total. The zero-order valence-corrected chi connectivity index (χ0v) is 17.2. The molecule has 1 fully saturated rings. The minimum absolute atomic E-state index is 0.00605. The Kier molecular flexibility index (Phi) is 6.33. The number of barbiturate groups is 1. The Morgan fingerprint density at radius 3 is 2.55 bits per heavy atom. The standard InChI is InChI=1S/C21H19BrN2O5/c1-2-3-10-29-18-9-4-14(22)11-13(18)12-17-19(26)23-21(28)24(20(17)27)15-5-7-16(25)8-6-15/h4-9,11-12,25H,2-3,10H2,1H3,(H,23,26,28)/b17-12-. The second kappa shape index (κ2) is 8.91. The third-order valence-electron chi connectivity index (χ3n) is 4.24. The number of urea groups is 1. The van der Waals surface area contributed by atoms with Crippen molar-refractivity contribution in [2.75, 3.05) is 11.5 Å². The highest BCUT2D eigenvalue weighted by Crippen LogP contribution is 2.28. The number of imide groups is 2. The highest BCUT2D eigenvalue weighted by molar-refractivity contribution is 9.10. The maximum atomic E-state index is 13.0. The lowest BCUT2D eigenvalue weighted by atomic mass is 10.1. The average molecular weight is 459 g/mol. The van der Waals surface area contributed by atoms with E-state index in [4.69, 9.17) is 4.74 Å². The first kappa shape index (κ1) is 20.6. The molecule has 0 saturated carbocycles. The van der Waals surface area contributed by atoms with E-state index in [1.165, 1.54) is 30.3 Å². The van der Waals surface area contributed by atoms with Crippen LogP contribution in [-0.4, -0.2) is 29.6 Å². The minimum Gasteiger partial charge on any atom is -0.508 e. The Morgan fingerprint density at radius 2 is 1.86 bits per heavy atom. The lowest BCUT2D eigenvalue weighted by molar-refractivity contribution is -0.122. The van der Waals surface area contributed by atoms with Crippen LogP contribution >= 0.6 is 15.9 Å². The van der Waals surface area contributed by atoms with Gasteiger partial charge in [-0.15, -0.1) is 0 Å². The average Bonchev–Trinajstić information content (AvgIpc) is 2.68. The Labute approximate surface area is 176 Å². The lowest BCUT2D eigenvalue weighted by Crippen LogP contribution is -2.54. The second-order valence-electron chi connectivity index (χ2n) is 6.36. The van der Waals surface area contributed by atoms with Gasteiger partial charge in [0.2, 0.25) is 0 Å². The van der Waals surface area contributed by atoms with Crippen LogP contribution in [0.2, 0.25) is 0 Å². The molecule has 1 saturated heterocycles. The SMILES string of the molecule is CCCCOc1ccc(Br)cc1/C=C1/C(=O)NC(=O)N(c2ccc(O)cc2)C1=O. The van der Waals surface area contributed by atoms with Crippen molar-refractivity contribution in [1.29, 1.82) is 0 Å². The van der Waals surface area contributed by atoms with Crippen LogP contribution in [0.15, 0.2) is 52.5 Å². The molecule has 1 aliphatic heterocycles. The first-order valence-electron chi connectivity index (χ1n) is 9.03. The smallest absolute Gasteiger partial charge is 0.335 e. The molecule has 0 radical (unpaired) electrons. The van der Waals surface area contributed by atoms with Crippen LogP contribution in [0.1, 0.15) is 25.3 Å². The van der Waals surface area contributed by atoms with Crippen molar-refractivity contribution in [3.8, 4) is 11.5 Å². The number of anilines is 1. The predicted octanol–water partition coefficient (Wildman–Crippen LogP) is 4.00. The number of phenolic OH excluding ortho intramolecular Hbond substituents is 1. The van der Waals surface area contributed by atoms with Crippen molar-refractivity contribution in [1.82, 2.24) is 5.32 Å². The molecule has 1 heterocycles. The number of aromatic hydroxyl groups is 1. The fourth-order valence-corrected chi connectivity index (χ4v) is 3.12. The molecule has 0 atom stereocenters. The van der Waals surface area contributed by atoms with Gasteiger partial charge in [-0.25, -0.2) is 9.69 Å². The van der Waals surface area contributed by atoms with Gasteiger partial charge in [0.05, 0.1) is 12.3 Å². The van der Waals surface area contributed by atoms with Crippen LogP contribution in [0, 0.1) is 0 Å². The molecule has 3 rings (SSSR count). The van der Waals surface area contributed by atoms with Gasteiger partial charge in [-0.1, -0.05) is 29.3 Å². The molecule has 0 spiro atoms. The van der Waals surface area contributed by atoms with Crippen LogP contribution in [0.25, 0.3) is 6.08 Å². The van der Waals surface area contributed by atoms with Crippen LogP contribution in [-0.2, 0) is 9.59 Å². The van der Waals surface area contributed by atoms with E-state index in [9.17, 15) is 19.5 Å². The van der Waals surface area contributed by atoms with E-state index in [-0.39, 0.29) is 17.0 Å². The molecule has 150 valence electrons. The van der Waals surface area contributed by atoms with Crippen LogP contribution in [0.4, 0.5) is 10.5 Å². The minimum atomic E-state index is -0.850. The number of unbranched alkanes of at least 4 members (excludes halogenated alkanes) is 1. The van der Waals surface area contributed by atoms with E-state index in [0.29, 0.717) is 17.9 Å². The molecule has 2 aromatic rings. The number of hydrogen-bond donors (Lipinski definition) is 2. The van der Waals surface area contributed by atoms with E-state index in [2.05, 4.69) is 21.2 Å². The van der Waals surface area contributed by atoms with Crippen molar-refractivity contribution in [3.63, 3.8) is 0 Å². The fraction of sp³-hybridized carbons (Fsp3) is 0.190. The van der Waals surface area contributed by atoms with E-state index in [0.717, 1.165) is 22.2 Å². The topological polar surface area (TPSA) is 95.9 Å². The molecule has 4 amide bonds. The quantitative estimate of drug-likeness (QED) is 0.387. The van der Waals surface area contributed by atoms with Crippen molar-refractivity contribution >= 4 is 45.5 Å². The number of halogens is 1. The van der Waals surface area contributed by atoms with Gasteiger partial charge in [0.1, 0.15) is 17.1 Å². The molecule has 7 nitrogen and oxygen atoms in total. The molecule has 8 heteroatoms. The number of phenols is 1. The van der Waals surface area contributed by atoms with E-state index >= 15 is 0 Å². The van der Waals surface area contributed by atoms with E-state index in [1.807, 2.05) is 6.92 Å². The van der Waals surface area contributed by atoms with Gasteiger partial charge in [-0.05, 0) is 55.0 Å². The molecule has 0 bridgehead atoms. The number of rotatable bonds is 6. The molecule has 1 aliphatic rings. The molecule has 29 heavy (non-hydrogen) atoms. The summed E-state index contributed by atoms with van der Waals surface area (Å²) < 4.78 is 6.53. The van der Waals surface area contributed by atoms with Gasteiger partial charge in [-0.3, -0.25) is 14.9 Å². The summed E-state index contributed by atoms with van der Waals surface area (Å²) in [6.07, 6.45) is 3.25. The first-order chi connectivity index (χ1) is 13.9. The molecule has 2 aromatic carbocycles. The molecule has 0 aliphatic carbocycles. The number of benzene rings is 2. The Hall–Kier alpha value is -3.13. The Bertz CT molecular complexity index is 985. The summed E-state index contributed by atoms with van der Waals surface area (Å²) in [5, 5.41) is 11.6. The van der Waals surface area contributed by atoms with Gasteiger partial charge in [0.15, 0.2) is 0 Å². The van der Waals surface area contributed by atoms with Crippen LogP contribution in [0.3, 0.4) is 0 Å². The van der Waals surface area contributed by atoms with Gasteiger partial charge in [0, 0.05) is 10.0 Å². The molecule has 0 aromatic heterocycles. The lowest BCUT2D eigenvalue weighted by Gasteiger charge is -2.26. The highest BCUT2D eigenvalue weighted by atomic mass is 79.9. The highest BCUT2D eigenvalue weighted by Gasteiger charge is 2.37. The number of hydrogen-bond acceptors (Lipinski definition) is 5. The van der Waals surface area contributed by atoms with Gasteiger partial charge in [0.25, 0.3) is 11.8 Å². The number of ether oxygens (including phenoxy) is 1. The molecular weight excluding hydrogens is 440 g/mol. The third kappa shape index (κ3) is 4.65. The van der Waals surface area contributed by atoms with Gasteiger partial charge in [-0.2, -0.15) is 0 Å². The van der Waals surface area contributed by atoms with E-state index in [1.54, 1.807) is 18.2 Å². The number of amides is 4. The Balaban J connectivity index is 1.98. The van der Waals surface area contributed by atoms with Crippen molar-refractivity contribution in [2.24, 2.45) is 0 Å². The second-order valence-corrected chi connectivity index (χ2v) is 7.27. The van der Waals surface area contributed by atoms with Crippen molar-refractivity contribution in [2.45, 2.75) is 19.8 Å². The third-order valence-corrected chi connectivity index (χ3v) is 4.73. The monoisotopic (exact) mass is 458 g/mol. The summed E-state index contributed by atoms with van der Waals surface area (Å²) >= 11 is 3.38. The predicted molar refractivity (Wildman–Crippen MR) is 112 cm³/mol. The maximum absolute atomic E-state index is 13.0. The zero-order valence-electron chi connectivity index (χ0n) is 15.6. The van der Waals surface area contributed by atoms with Crippen LogP contribution < -0.4 is 15.0 Å². The summed E-state index contributed by atoms with van der Waals surface area (Å²) in [4.78, 5) is 38.4. The van der Waals surface area contributed by atoms with Gasteiger partial charge < -0.3 is 9.84 Å². The summed E-state index contributed by atoms with van der Waals surface area (Å²) in [6.45, 7) is 2.56. The molecular formula is C21H19BrN2O5. The van der Waals surface area contributed by atoms with Crippen molar-refractivity contribution in [3.05, 3.63) is 58.1 Å². The number of nitrogens with one attached hydrogen (secondary N) is 1. The largest absolute Gasteiger partial charge is 0.508 e. The fourth-order valence-electron chi connectivity index (χ4n) is 2.74. The zero-order chi connectivity index (χ0) is 21.0. The summed E-state index contributed by atoms with van der Waals surface area (Å²) in [5.41, 5.74) is 0.572. The summed E-state index contributed by atoms with van der Waals surface area (Å²) in [5.74, 6) is -1.02. The van der Waals surface area contributed by atoms with Gasteiger partial charge >= 0.3 is 6.03 Å². The number of carbonyl (C=O) groups is 3.